The van der Waals surface area contributed by atoms with Crippen molar-refractivity contribution in [2.24, 2.45) is 5.73 Å². The van der Waals surface area contributed by atoms with E-state index in [0.29, 0.717) is 55.2 Å². The zero-order valence-electron chi connectivity index (χ0n) is 18.2. The number of primary amides is 1. The van der Waals surface area contributed by atoms with Crippen LogP contribution in [0.15, 0.2) is 74.0 Å². The molecule has 0 saturated heterocycles. The number of carbonyl (C=O) groups excluding carboxylic acids is 3. The first kappa shape index (κ1) is 24.7. The van der Waals surface area contributed by atoms with Gasteiger partial charge >= 0.3 is 5.97 Å². The number of phenolic OH excluding ortho intramolecular Hbond substituents is 1. The summed E-state index contributed by atoms with van der Waals surface area (Å²) in [6.45, 7) is 0. The van der Waals surface area contributed by atoms with Crippen LogP contribution in [0.25, 0.3) is 11.0 Å². The van der Waals surface area contributed by atoms with Gasteiger partial charge in [-0.2, -0.15) is 0 Å². The maximum Gasteiger partial charge on any atom is 0.343 e. The zero-order chi connectivity index (χ0) is 25.1. The highest BCUT2D eigenvalue weighted by molar-refractivity contribution is 9.11. The van der Waals surface area contributed by atoms with Crippen molar-refractivity contribution in [3.63, 3.8) is 0 Å². The summed E-state index contributed by atoms with van der Waals surface area (Å²) in [6, 6.07) is 16.4. The number of amides is 1. The molecular weight excluding hydrogens is 582 g/mol. The van der Waals surface area contributed by atoms with Gasteiger partial charge in [-0.05, 0) is 74.7 Å². The number of benzene rings is 3. The standard InChI is InChI=1S/C26H19Br2NO6/c27-18-11-15(12-19(28)25(18)32)24(31)23-17-10-9-16(34-26(33)14-5-2-1-3-6-14)13-21(17)35-20(23)7-4-8-22(29)30/h1-3,5-6,9-13,32H,4,7-8H2,(H2,29,30). The molecule has 3 aromatic carbocycles. The van der Waals surface area contributed by atoms with Gasteiger partial charge in [0, 0.05) is 29.9 Å². The zero-order valence-corrected chi connectivity index (χ0v) is 21.4. The number of ether oxygens (including phenoxy) is 1. The smallest absolute Gasteiger partial charge is 0.343 e. The molecule has 0 spiro atoms. The van der Waals surface area contributed by atoms with Crippen LogP contribution >= 0.6 is 31.9 Å². The number of nitrogens with two attached hydrogens (primary N) is 1. The van der Waals surface area contributed by atoms with Gasteiger partial charge in [-0.1, -0.05) is 18.2 Å². The Balaban J connectivity index is 1.73. The molecule has 0 aliphatic rings. The number of furan rings is 1. The highest BCUT2D eigenvalue weighted by atomic mass is 79.9. The molecule has 1 heterocycles. The fourth-order valence-corrected chi connectivity index (χ4v) is 4.81. The summed E-state index contributed by atoms with van der Waals surface area (Å²) < 4.78 is 12.2. The highest BCUT2D eigenvalue weighted by Gasteiger charge is 2.24. The summed E-state index contributed by atoms with van der Waals surface area (Å²) in [7, 11) is 0. The third-order valence-electron chi connectivity index (χ3n) is 5.29. The molecule has 178 valence electrons. The van der Waals surface area contributed by atoms with Crippen molar-refractivity contribution in [1.82, 2.24) is 0 Å². The first-order chi connectivity index (χ1) is 16.7. The maximum atomic E-state index is 13.5. The van der Waals surface area contributed by atoms with Crippen LogP contribution in [0.3, 0.4) is 0 Å². The summed E-state index contributed by atoms with van der Waals surface area (Å²) in [5, 5.41) is 10.5. The average molecular weight is 601 g/mol. The van der Waals surface area contributed by atoms with Crippen LogP contribution in [0.4, 0.5) is 0 Å². The molecule has 7 nitrogen and oxygen atoms in total. The van der Waals surface area contributed by atoms with Crippen LogP contribution in [-0.4, -0.2) is 22.8 Å². The minimum atomic E-state index is -0.520. The van der Waals surface area contributed by atoms with Crippen molar-refractivity contribution in [2.75, 3.05) is 0 Å². The molecule has 0 aliphatic carbocycles. The van der Waals surface area contributed by atoms with Crippen LogP contribution < -0.4 is 10.5 Å². The summed E-state index contributed by atoms with van der Waals surface area (Å²) in [5.74, 6) is -0.668. The third kappa shape index (κ3) is 5.47. The first-order valence-electron chi connectivity index (χ1n) is 10.6. The molecule has 3 N–H and O–H groups in total. The number of halogens is 2. The van der Waals surface area contributed by atoms with Gasteiger partial charge < -0.3 is 20.0 Å². The van der Waals surface area contributed by atoms with E-state index in [9.17, 15) is 19.5 Å². The normalized spacial score (nSPS) is 10.9. The Labute approximate surface area is 217 Å². The van der Waals surface area contributed by atoms with Crippen molar-refractivity contribution in [1.29, 1.82) is 0 Å². The first-order valence-corrected chi connectivity index (χ1v) is 12.2. The van der Waals surface area contributed by atoms with Gasteiger partial charge in [0.1, 0.15) is 22.8 Å². The van der Waals surface area contributed by atoms with E-state index in [1.165, 1.54) is 12.1 Å². The molecule has 0 saturated carbocycles. The lowest BCUT2D eigenvalue weighted by Crippen LogP contribution is -2.10. The van der Waals surface area contributed by atoms with E-state index in [1.807, 2.05) is 0 Å². The molecule has 4 rings (SSSR count). The lowest BCUT2D eigenvalue weighted by Gasteiger charge is -2.07. The van der Waals surface area contributed by atoms with Gasteiger partial charge in [0.05, 0.1) is 20.1 Å². The summed E-state index contributed by atoms with van der Waals surface area (Å²) in [4.78, 5) is 37.2. The number of hydrogen-bond acceptors (Lipinski definition) is 6. The highest BCUT2D eigenvalue weighted by Crippen LogP contribution is 2.36. The quantitative estimate of drug-likeness (QED) is 0.147. The molecule has 0 atom stereocenters. The Morgan fingerprint density at radius 2 is 1.63 bits per heavy atom. The number of esters is 1. The van der Waals surface area contributed by atoms with E-state index >= 15 is 0 Å². The molecule has 1 aromatic heterocycles. The Morgan fingerprint density at radius 3 is 2.29 bits per heavy atom. The number of aryl methyl sites for hydroxylation is 1. The van der Waals surface area contributed by atoms with Crippen LogP contribution in [-0.2, 0) is 11.2 Å². The van der Waals surface area contributed by atoms with Gasteiger partial charge in [-0.3, -0.25) is 9.59 Å². The number of ketones is 1. The second kappa shape index (κ2) is 10.5. The van der Waals surface area contributed by atoms with Crippen LogP contribution in [0, 0.1) is 0 Å². The van der Waals surface area contributed by atoms with Crippen molar-refractivity contribution in [3.8, 4) is 11.5 Å². The van der Waals surface area contributed by atoms with Crippen molar-refractivity contribution < 1.29 is 28.6 Å². The number of rotatable bonds is 8. The Morgan fingerprint density at radius 1 is 0.943 bits per heavy atom. The number of carbonyl (C=O) groups is 3. The molecule has 0 radical (unpaired) electrons. The van der Waals surface area contributed by atoms with Crippen LogP contribution in [0.1, 0.15) is 44.9 Å². The van der Waals surface area contributed by atoms with Gasteiger partial charge in [0.15, 0.2) is 5.78 Å². The van der Waals surface area contributed by atoms with Crippen molar-refractivity contribution in [3.05, 3.63) is 92.1 Å². The van der Waals surface area contributed by atoms with Crippen molar-refractivity contribution >= 4 is 60.5 Å². The predicted octanol–water partition coefficient (Wildman–Crippen LogP) is 5.92. The Hall–Kier alpha value is -3.43. The molecule has 1 amide bonds. The summed E-state index contributed by atoms with van der Waals surface area (Å²) >= 11 is 6.50. The molecule has 9 heteroatoms. The molecule has 35 heavy (non-hydrogen) atoms. The van der Waals surface area contributed by atoms with Crippen molar-refractivity contribution in [2.45, 2.75) is 19.3 Å². The fraction of sp³-hybridized carbons (Fsp3) is 0.115. The largest absolute Gasteiger partial charge is 0.506 e. The number of aromatic hydroxyl groups is 1. The Kier molecular flexibility index (Phi) is 7.37. The minimum absolute atomic E-state index is 0.0230. The van der Waals surface area contributed by atoms with E-state index < -0.39 is 11.9 Å². The van der Waals surface area contributed by atoms with Crippen LogP contribution in [0.2, 0.25) is 0 Å². The van der Waals surface area contributed by atoms with Gasteiger partial charge in [-0.25, -0.2) is 4.79 Å². The van der Waals surface area contributed by atoms with E-state index in [-0.39, 0.29) is 23.7 Å². The molecule has 0 unspecified atom stereocenters. The van der Waals surface area contributed by atoms with E-state index in [4.69, 9.17) is 14.9 Å². The van der Waals surface area contributed by atoms with Gasteiger partial charge in [0.25, 0.3) is 0 Å². The predicted molar refractivity (Wildman–Crippen MR) is 137 cm³/mol. The average Bonchev–Trinajstić information content (AvgIpc) is 3.19. The molecular formula is C26H19Br2NO6. The van der Waals surface area contributed by atoms with Crippen LogP contribution in [0.5, 0.6) is 11.5 Å². The minimum Gasteiger partial charge on any atom is -0.506 e. The molecule has 0 aliphatic heterocycles. The molecule has 0 bridgehead atoms. The summed E-state index contributed by atoms with van der Waals surface area (Å²) in [6.07, 6.45) is 0.841. The monoisotopic (exact) mass is 599 g/mol. The lowest BCUT2D eigenvalue weighted by molar-refractivity contribution is -0.118. The second-order valence-electron chi connectivity index (χ2n) is 7.75. The lowest BCUT2D eigenvalue weighted by atomic mass is 9.98. The number of hydrogen-bond donors (Lipinski definition) is 2. The Bertz CT molecular complexity index is 1420. The van der Waals surface area contributed by atoms with Gasteiger partial charge in [0.2, 0.25) is 5.91 Å². The second-order valence-corrected chi connectivity index (χ2v) is 9.46. The fourth-order valence-electron chi connectivity index (χ4n) is 3.62. The SMILES string of the molecule is NC(=O)CCCc1oc2cc(OC(=O)c3ccccc3)ccc2c1C(=O)c1cc(Br)c(O)c(Br)c1. The van der Waals surface area contributed by atoms with Gasteiger partial charge in [-0.15, -0.1) is 0 Å². The van der Waals surface area contributed by atoms with E-state index in [2.05, 4.69) is 31.9 Å². The van der Waals surface area contributed by atoms with E-state index in [0.717, 1.165) is 0 Å². The van der Waals surface area contributed by atoms with E-state index in [1.54, 1.807) is 48.5 Å². The maximum absolute atomic E-state index is 13.5. The molecule has 0 fully saturated rings. The number of fused-ring (bicyclic) bond motifs is 1. The third-order valence-corrected chi connectivity index (χ3v) is 6.50. The topological polar surface area (TPSA) is 120 Å². The summed E-state index contributed by atoms with van der Waals surface area (Å²) in [5.41, 5.74) is 6.67. The molecule has 4 aromatic rings. The number of phenols is 1.